The number of nitrogens with zero attached hydrogens (tertiary/aromatic N) is 1. The Hall–Kier alpha value is -1.20. The maximum Gasteiger partial charge on any atom is 0.433 e. The molecule has 0 aliphatic carbocycles. The number of carbonyl (C=O) groups is 1. The molecule has 1 heterocycles. The van der Waals surface area contributed by atoms with E-state index in [-0.39, 0.29) is 13.0 Å². The highest BCUT2D eigenvalue weighted by molar-refractivity contribution is 6.90. The molecule has 1 fully saturated rings. The van der Waals surface area contributed by atoms with Gasteiger partial charge in [0.1, 0.15) is 13.7 Å². The van der Waals surface area contributed by atoms with Crippen LogP contribution in [0.5, 0.6) is 0 Å². The standard InChI is InChI=1S/C22H38F3NO3Si/c1-15(2)30(16(3)4,17(5)6)13-11-12-21(10)14-28-18(22(23,24)25)26(21)19(27)29-20(7,8)9/h15-18H,12,14H2,1-10H3/t18-,21-/m0/s1. The number of amides is 1. The third kappa shape index (κ3) is 5.73. The van der Waals surface area contributed by atoms with Crippen LogP contribution in [0.1, 0.15) is 75.7 Å². The Kier molecular flexibility index (Phi) is 8.15. The first-order chi connectivity index (χ1) is 13.4. The number of ether oxygens (including phenoxy) is 2. The van der Waals surface area contributed by atoms with Crippen molar-refractivity contribution in [2.75, 3.05) is 6.61 Å². The minimum absolute atomic E-state index is 0.0970. The summed E-state index contributed by atoms with van der Waals surface area (Å²) in [5, 5.41) is 0. The lowest BCUT2D eigenvalue weighted by molar-refractivity contribution is -0.237. The molecular weight excluding hydrogens is 411 g/mol. The number of rotatable bonds is 4. The van der Waals surface area contributed by atoms with Crippen LogP contribution >= 0.6 is 0 Å². The van der Waals surface area contributed by atoms with E-state index in [0.717, 1.165) is 0 Å². The monoisotopic (exact) mass is 449 g/mol. The van der Waals surface area contributed by atoms with Gasteiger partial charge < -0.3 is 9.47 Å². The summed E-state index contributed by atoms with van der Waals surface area (Å²) < 4.78 is 51.0. The van der Waals surface area contributed by atoms with Crippen molar-refractivity contribution in [2.45, 2.75) is 116 Å². The predicted molar refractivity (Wildman–Crippen MR) is 116 cm³/mol. The first kappa shape index (κ1) is 26.8. The topological polar surface area (TPSA) is 38.8 Å². The molecule has 0 aromatic carbocycles. The summed E-state index contributed by atoms with van der Waals surface area (Å²) in [6, 6.07) is 0. The molecule has 2 atom stereocenters. The van der Waals surface area contributed by atoms with Gasteiger partial charge in [-0.05, 0) is 44.3 Å². The van der Waals surface area contributed by atoms with Crippen molar-refractivity contribution in [1.82, 2.24) is 4.90 Å². The van der Waals surface area contributed by atoms with Gasteiger partial charge in [0, 0.05) is 6.42 Å². The Labute approximate surface area is 180 Å². The second-order valence-corrected chi connectivity index (χ2v) is 16.0. The molecule has 174 valence electrons. The molecule has 8 heteroatoms. The lowest BCUT2D eigenvalue weighted by Crippen LogP contribution is -2.55. The molecule has 1 rings (SSSR count). The SMILES string of the molecule is CC(C)[Si](C#CC[C@@]1(C)CO[C@@H](C(F)(F)F)N1C(=O)OC(C)(C)C)(C(C)C)C(C)C. The molecule has 30 heavy (non-hydrogen) atoms. The van der Waals surface area contributed by atoms with Gasteiger partial charge in [-0.25, -0.2) is 4.79 Å². The van der Waals surface area contributed by atoms with E-state index in [1.807, 2.05) is 0 Å². The minimum atomic E-state index is -4.71. The lowest BCUT2D eigenvalue weighted by Gasteiger charge is -2.39. The molecule has 0 spiro atoms. The zero-order valence-electron chi connectivity index (χ0n) is 20.0. The maximum absolute atomic E-state index is 13.6. The fourth-order valence-electron chi connectivity index (χ4n) is 4.51. The smallest absolute Gasteiger partial charge is 0.433 e. The zero-order valence-corrected chi connectivity index (χ0v) is 21.0. The van der Waals surface area contributed by atoms with Crippen molar-refractivity contribution in [2.24, 2.45) is 0 Å². The molecule has 1 aliphatic heterocycles. The van der Waals surface area contributed by atoms with Crippen molar-refractivity contribution in [3.63, 3.8) is 0 Å². The summed E-state index contributed by atoms with van der Waals surface area (Å²) in [6.45, 7) is 19.2. The van der Waals surface area contributed by atoms with Gasteiger partial charge >= 0.3 is 12.3 Å². The highest BCUT2D eigenvalue weighted by atomic mass is 28.3. The summed E-state index contributed by atoms with van der Waals surface area (Å²) in [5.74, 6) is 3.19. The molecule has 0 aromatic heterocycles. The van der Waals surface area contributed by atoms with Crippen LogP contribution < -0.4 is 0 Å². The Balaban J connectivity index is 3.32. The van der Waals surface area contributed by atoms with Gasteiger partial charge in [-0.1, -0.05) is 41.5 Å². The van der Waals surface area contributed by atoms with Gasteiger partial charge in [0.2, 0.25) is 6.23 Å². The zero-order chi connectivity index (χ0) is 23.7. The number of alkyl halides is 3. The third-order valence-corrected chi connectivity index (χ3v) is 12.2. The highest BCUT2D eigenvalue weighted by Crippen LogP contribution is 2.42. The molecule has 1 amide bonds. The van der Waals surface area contributed by atoms with Crippen LogP contribution in [-0.2, 0) is 9.47 Å². The van der Waals surface area contributed by atoms with E-state index < -0.39 is 37.7 Å². The van der Waals surface area contributed by atoms with Crippen LogP contribution in [0, 0.1) is 11.5 Å². The van der Waals surface area contributed by atoms with Crippen LogP contribution in [0.2, 0.25) is 16.6 Å². The van der Waals surface area contributed by atoms with Crippen LogP contribution in [-0.4, -0.2) is 49.2 Å². The molecule has 0 saturated carbocycles. The van der Waals surface area contributed by atoms with Crippen molar-refractivity contribution in [3.05, 3.63) is 0 Å². The number of halogens is 3. The Morgan fingerprint density at radius 2 is 1.60 bits per heavy atom. The van der Waals surface area contributed by atoms with Crippen LogP contribution in [0.3, 0.4) is 0 Å². The molecular formula is C22H38F3NO3Si. The maximum atomic E-state index is 13.6. The van der Waals surface area contributed by atoms with Crippen LogP contribution in [0.4, 0.5) is 18.0 Å². The third-order valence-electron chi connectivity index (χ3n) is 5.88. The summed E-state index contributed by atoms with van der Waals surface area (Å²) in [4.78, 5) is 13.4. The van der Waals surface area contributed by atoms with Gasteiger partial charge in [-0.2, -0.15) is 13.2 Å². The van der Waals surface area contributed by atoms with Gasteiger partial charge in [-0.3, -0.25) is 4.90 Å². The van der Waals surface area contributed by atoms with Crippen molar-refractivity contribution < 1.29 is 27.4 Å². The minimum Gasteiger partial charge on any atom is -0.444 e. The van der Waals surface area contributed by atoms with E-state index in [4.69, 9.17) is 9.47 Å². The summed E-state index contributed by atoms with van der Waals surface area (Å²) in [6.07, 6.45) is -7.98. The van der Waals surface area contributed by atoms with E-state index in [0.29, 0.717) is 21.5 Å². The van der Waals surface area contributed by atoms with Gasteiger partial charge in [0.05, 0.1) is 12.1 Å². The fraction of sp³-hybridized carbons (Fsp3) is 0.864. The lowest BCUT2D eigenvalue weighted by atomic mass is 9.98. The van der Waals surface area contributed by atoms with E-state index in [9.17, 15) is 18.0 Å². The second kappa shape index (κ2) is 9.11. The van der Waals surface area contributed by atoms with E-state index in [2.05, 4.69) is 53.0 Å². The fourth-order valence-corrected chi connectivity index (χ4v) is 9.77. The highest BCUT2D eigenvalue weighted by Gasteiger charge is 2.58. The molecule has 0 radical (unpaired) electrons. The normalized spacial score (nSPS) is 23.2. The van der Waals surface area contributed by atoms with Crippen LogP contribution in [0.15, 0.2) is 0 Å². The van der Waals surface area contributed by atoms with Crippen molar-refractivity contribution in [3.8, 4) is 11.5 Å². The Morgan fingerprint density at radius 3 is 1.97 bits per heavy atom. The molecule has 0 bridgehead atoms. The van der Waals surface area contributed by atoms with E-state index in [1.165, 1.54) is 0 Å². The first-order valence-electron chi connectivity index (χ1n) is 10.6. The average molecular weight is 450 g/mol. The largest absolute Gasteiger partial charge is 0.444 e. The molecule has 4 nitrogen and oxygen atoms in total. The van der Waals surface area contributed by atoms with Crippen molar-refractivity contribution in [1.29, 1.82) is 0 Å². The van der Waals surface area contributed by atoms with E-state index >= 15 is 0 Å². The van der Waals surface area contributed by atoms with Crippen molar-refractivity contribution >= 4 is 14.2 Å². The summed E-state index contributed by atoms with van der Waals surface area (Å²) >= 11 is 0. The summed E-state index contributed by atoms with van der Waals surface area (Å²) in [5.41, 5.74) is 2.59. The number of carbonyl (C=O) groups excluding carboxylic acids is 1. The molecule has 0 aromatic rings. The number of hydrogen-bond acceptors (Lipinski definition) is 3. The molecule has 0 N–H and O–H groups in total. The molecule has 1 aliphatic rings. The first-order valence-corrected chi connectivity index (χ1v) is 12.8. The van der Waals surface area contributed by atoms with Gasteiger partial charge in [0.25, 0.3) is 0 Å². The predicted octanol–water partition coefficient (Wildman–Crippen LogP) is 6.51. The Morgan fingerprint density at radius 1 is 1.13 bits per heavy atom. The van der Waals surface area contributed by atoms with E-state index in [1.54, 1.807) is 27.7 Å². The Bertz CT molecular complexity index is 652. The van der Waals surface area contributed by atoms with Gasteiger partial charge in [0.15, 0.2) is 0 Å². The van der Waals surface area contributed by atoms with Gasteiger partial charge in [-0.15, -0.1) is 11.5 Å². The second-order valence-electron chi connectivity index (χ2n) is 10.4. The summed E-state index contributed by atoms with van der Waals surface area (Å²) in [7, 11) is -2.03. The average Bonchev–Trinajstić information content (AvgIpc) is 2.86. The van der Waals surface area contributed by atoms with Crippen LogP contribution in [0.25, 0.3) is 0 Å². The molecule has 0 unspecified atom stereocenters. The number of hydrogen-bond donors (Lipinski definition) is 0. The quantitative estimate of drug-likeness (QED) is 0.363. The molecule has 1 saturated heterocycles.